The van der Waals surface area contributed by atoms with Crippen LogP contribution in [0.3, 0.4) is 0 Å². The van der Waals surface area contributed by atoms with Crippen molar-refractivity contribution < 1.29 is 0 Å². The SMILES string of the molecule is CCNCc1cc2ccccc2nc1N1CCC(C)C1. The van der Waals surface area contributed by atoms with Crippen LogP contribution in [0.1, 0.15) is 25.8 Å². The number of rotatable bonds is 4. The molecule has 0 bridgehead atoms. The molecule has 0 saturated carbocycles. The first-order chi connectivity index (χ1) is 9.78. The van der Waals surface area contributed by atoms with Crippen LogP contribution in [0.2, 0.25) is 0 Å². The van der Waals surface area contributed by atoms with Gasteiger partial charge in [-0.1, -0.05) is 32.0 Å². The van der Waals surface area contributed by atoms with E-state index in [9.17, 15) is 0 Å². The van der Waals surface area contributed by atoms with Gasteiger partial charge in [-0.05, 0) is 31.0 Å². The summed E-state index contributed by atoms with van der Waals surface area (Å²) in [6.07, 6.45) is 1.27. The van der Waals surface area contributed by atoms with Gasteiger partial charge in [0.1, 0.15) is 5.82 Å². The fraction of sp³-hybridized carbons (Fsp3) is 0.471. The van der Waals surface area contributed by atoms with Crippen molar-refractivity contribution in [1.29, 1.82) is 0 Å². The lowest BCUT2D eigenvalue weighted by Crippen LogP contribution is -2.24. The molecule has 1 aromatic heterocycles. The summed E-state index contributed by atoms with van der Waals surface area (Å²) >= 11 is 0. The number of pyridine rings is 1. The summed E-state index contributed by atoms with van der Waals surface area (Å²) in [5, 5.41) is 4.67. The molecule has 1 N–H and O–H groups in total. The van der Waals surface area contributed by atoms with E-state index in [4.69, 9.17) is 4.98 Å². The van der Waals surface area contributed by atoms with Crippen LogP contribution >= 0.6 is 0 Å². The minimum Gasteiger partial charge on any atom is -0.356 e. The zero-order chi connectivity index (χ0) is 13.9. The molecular formula is C17H23N3. The molecule has 20 heavy (non-hydrogen) atoms. The van der Waals surface area contributed by atoms with Gasteiger partial charge in [-0.3, -0.25) is 0 Å². The Kier molecular flexibility index (Phi) is 3.88. The summed E-state index contributed by atoms with van der Waals surface area (Å²) in [5.41, 5.74) is 2.42. The van der Waals surface area contributed by atoms with Gasteiger partial charge in [0, 0.05) is 30.6 Å². The van der Waals surface area contributed by atoms with E-state index < -0.39 is 0 Å². The Morgan fingerprint density at radius 3 is 2.95 bits per heavy atom. The van der Waals surface area contributed by atoms with Gasteiger partial charge in [-0.15, -0.1) is 0 Å². The monoisotopic (exact) mass is 269 g/mol. The van der Waals surface area contributed by atoms with E-state index >= 15 is 0 Å². The number of aromatic nitrogens is 1. The predicted octanol–water partition coefficient (Wildman–Crippen LogP) is 3.19. The minimum absolute atomic E-state index is 0.773. The van der Waals surface area contributed by atoms with Crippen LogP contribution in [0.25, 0.3) is 10.9 Å². The third-order valence-electron chi connectivity index (χ3n) is 4.07. The number of hydrogen-bond acceptors (Lipinski definition) is 3. The van der Waals surface area contributed by atoms with Crippen molar-refractivity contribution in [3.8, 4) is 0 Å². The van der Waals surface area contributed by atoms with Crippen molar-refractivity contribution in [3.05, 3.63) is 35.9 Å². The fourth-order valence-electron chi connectivity index (χ4n) is 2.94. The summed E-state index contributed by atoms with van der Waals surface area (Å²) in [7, 11) is 0. The van der Waals surface area contributed by atoms with E-state index in [1.807, 2.05) is 0 Å². The first-order valence-corrected chi connectivity index (χ1v) is 7.62. The Morgan fingerprint density at radius 2 is 2.20 bits per heavy atom. The Bertz CT molecular complexity index is 594. The van der Waals surface area contributed by atoms with Crippen LogP contribution in [0.4, 0.5) is 5.82 Å². The van der Waals surface area contributed by atoms with Crippen LogP contribution in [-0.4, -0.2) is 24.6 Å². The number of nitrogens with zero attached hydrogens (tertiary/aromatic N) is 2. The maximum Gasteiger partial charge on any atom is 0.133 e. The normalized spacial score (nSPS) is 18.9. The number of fused-ring (bicyclic) bond motifs is 1. The van der Waals surface area contributed by atoms with Crippen molar-refractivity contribution >= 4 is 16.7 Å². The molecule has 3 heteroatoms. The smallest absolute Gasteiger partial charge is 0.133 e. The topological polar surface area (TPSA) is 28.2 Å². The molecule has 106 valence electrons. The van der Waals surface area contributed by atoms with Crippen LogP contribution < -0.4 is 10.2 Å². The summed E-state index contributed by atoms with van der Waals surface area (Å²) in [6, 6.07) is 10.7. The molecule has 0 spiro atoms. The van der Waals surface area contributed by atoms with E-state index in [1.54, 1.807) is 0 Å². The second kappa shape index (κ2) is 5.80. The number of hydrogen-bond donors (Lipinski definition) is 1. The van der Waals surface area contributed by atoms with Gasteiger partial charge in [0.15, 0.2) is 0 Å². The van der Waals surface area contributed by atoms with E-state index in [-0.39, 0.29) is 0 Å². The van der Waals surface area contributed by atoms with Crippen molar-refractivity contribution in [2.45, 2.75) is 26.8 Å². The molecule has 2 aromatic rings. The van der Waals surface area contributed by atoms with Crippen molar-refractivity contribution in [1.82, 2.24) is 10.3 Å². The number of anilines is 1. The lowest BCUT2D eigenvalue weighted by molar-refractivity contribution is 0.658. The first kappa shape index (κ1) is 13.4. The lowest BCUT2D eigenvalue weighted by Gasteiger charge is -2.21. The number of para-hydroxylation sites is 1. The second-order valence-corrected chi connectivity index (χ2v) is 5.78. The quantitative estimate of drug-likeness (QED) is 0.924. The molecule has 1 aromatic carbocycles. The highest BCUT2D eigenvalue weighted by atomic mass is 15.2. The van der Waals surface area contributed by atoms with E-state index in [0.717, 1.165) is 37.6 Å². The average Bonchev–Trinajstić information content (AvgIpc) is 2.90. The zero-order valence-corrected chi connectivity index (χ0v) is 12.4. The van der Waals surface area contributed by atoms with Gasteiger partial charge >= 0.3 is 0 Å². The molecule has 0 aliphatic carbocycles. The molecule has 2 heterocycles. The number of benzene rings is 1. The molecule has 3 nitrogen and oxygen atoms in total. The van der Waals surface area contributed by atoms with Gasteiger partial charge in [0.2, 0.25) is 0 Å². The predicted molar refractivity (Wildman–Crippen MR) is 85.1 cm³/mol. The molecule has 1 unspecified atom stereocenters. The zero-order valence-electron chi connectivity index (χ0n) is 12.4. The molecule has 1 aliphatic rings. The third kappa shape index (κ3) is 2.63. The largest absolute Gasteiger partial charge is 0.356 e. The molecule has 1 atom stereocenters. The summed E-state index contributed by atoms with van der Waals surface area (Å²) in [6.45, 7) is 8.62. The highest BCUT2D eigenvalue weighted by Gasteiger charge is 2.22. The molecule has 1 saturated heterocycles. The Hall–Kier alpha value is -1.61. The standard InChI is InChI=1S/C17H23N3/c1-3-18-11-15-10-14-6-4-5-7-16(14)19-17(15)20-9-8-13(2)12-20/h4-7,10,13,18H,3,8-9,11-12H2,1-2H3. The van der Waals surface area contributed by atoms with E-state index in [1.165, 1.54) is 23.2 Å². The van der Waals surface area contributed by atoms with Crippen LogP contribution in [0, 0.1) is 5.92 Å². The highest BCUT2D eigenvalue weighted by Crippen LogP contribution is 2.28. The maximum absolute atomic E-state index is 4.93. The molecular weight excluding hydrogens is 246 g/mol. The molecule has 0 radical (unpaired) electrons. The van der Waals surface area contributed by atoms with Gasteiger partial charge in [-0.25, -0.2) is 4.98 Å². The van der Waals surface area contributed by atoms with Gasteiger partial charge < -0.3 is 10.2 Å². The molecule has 1 fully saturated rings. The van der Waals surface area contributed by atoms with Crippen molar-refractivity contribution in [2.24, 2.45) is 5.92 Å². The first-order valence-electron chi connectivity index (χ1n) is 7.62. The lowest BCUT2D eigenvalue weighted by atomic mass is 10.1. The Morgan fingerprint density at radius 1 is 1.35 bits per heavy atom. The second-order valence-electron chi connectivity index (χ2n) is 5.78. The highest BCUT2D eigenvalue weighted by molar-refractivity contribution is 5.81. The minimum atomic E-state index is 0.773. The van der Waals surface area contributed by atoms with Gasteiger partial charge in [-0.2, -0.15) is 0 Å². The molecule has 3 rings (SSSR count). The third-order valence-corrected chi connectivity index (χ3v) is 4.07. The Labute approximate surface area is 121 Å². The maximum atomic E-state index is 4.93. The van der Waals surface area contributed by atoms with E-state index in [2.05, 4.69) is 54.4 Å². The van der Waals surface area contributed by atoms with Crippen LogP contribution in [0.15, 0.2) is 30.3 Å². The van der Waals surface area contributed by atoms with Gasteiger partial charge in [0.25, 0.3) is 0 Å². The van der Waals surface area contributed by atoms with Gasteiger partial charge in [0.05, 0.1) is 5.52 Å². The summed E-state index contributed by atoms with van der Waals surface area (Å²) in [4.78, 5) is 7.38. The average molecular weight is 269 g/mol. The summed E-state index contributed by atoms with van der Waals surface area (Å²) < 4.78 is 0. The summed E-state index contributed by atoms with van der Waals surface area (Å²) in [5.74, 6) is 1.95. The molecule has 0 amide bonds. The van der Waals surface area contributed by atoms with Crippen LogP contribution in [0.5, 0.6) is 0 Å². The van der Waals surface area contributed by atoms with Crippen molar-refractivity contribution in [3.63, 3.8) is 0 Å². The number of nitrogens with one attached hydrogen (secondary N) is 1. The molecule has 1 aliphatic heterocycles. The van der Waals surface area contributed by atoms with Crippen molar-refractivity contribution in [2.75, 3.05) is 24.5 Å². The van der Waals surface area contributed by atoms with E-state index in [0.29, 0.717) is 0 Å². The fourth-order valence-corrected chi connectivity index (χ4v) is 2.94. The Balaban J connectivity index is 2.02. The van der Waals surface area contributed by atoms with Crippen LogP contribution in [-0.2, 0) is 6.54 Å².